The summed E-state index contributed by atoms with van der Waals surface area (Å²) in [6.07, 6.45) is 3.61. The molecule has 1 unspecified atom stereocenters. The van der Waals surface area contributed by atoms with Crippen LogP contribution in [-0.4, -0.2) is 34.8 Å². The monoisotopic (exact) mass is 364 g/mol. The van der Waals surface area contributed by atoms with E-state index in [1.165, 1.54) is 0 Å². The fourth-order valence-electron chi connectivity index (χ4n) is 2.65. The van der Waals surface area contributed by atoms with E-state index in [1.807, 2.05) is 39.8 Å². The number of alkyl carbamates (subject to hydrolysis) is 1. The lowest BCUT2D eigenvalue weighted by Crippen LogP contribution is -2.56. The van der Waals surface area contributed by atoms with Crippen molar-refractivity contribution in [1.29, 1.82) is 0 Å². The highest BCUT2D eigenvalue weighted by Gasteiger charge is 2.29. The number of urea groups is 1. The molecular formula is C19H32N4O3. The standard InChI is InChI=1S/C19H32N4O3/c1-14(2)10-19(6,13-22-17(25)26-18(3,4)5)23-16(24)21-12-15-8-7-9-20-11-15/h7-9,11,14H,10,12-13H2,1-6H3,(H,22,25)(H2,21,23,24). The fraction of sp³-hybridized carbons (Fsp3) is 0.632. The van der Waals surface area contributed by atoms with Gasteiger partial charge in [-0.3, -0.25) is 4.98 Å². The molecule has 0 saturated carbocycles. The van der Waals surface area contributed by atoms with Gasteiger partial charge in [0.1, 0.15) is 5.60 Å². The Balaban J connectivity index is 2.60. The number of pyridine rings is 1. The number of amides is 3. The van der Waals surface area contributed by atoms with Crippen molar-refractivity contribution in [2.45, 2.75) is 65.6 Å². The van der Waals surface area contributed by atoms with E-state index < -0.39 is 17.2 Å². The maximum absolute atomic E-state index is 12.3. The third-order valence-electron chi connectivity index (χ3n) is 3.47. The average molecular weight is 364 g/mol. The molecule has 0 fully saturated rings. The summed E-state index contributed by atoms with van der Waals surface area (Å²) < 4.78 is 5.26. The first kappa shape index (κ1) is 21.7. The number of hydrogen-bond acceptors (Lipinski definition) is 4. The zero-order valence-electron chi connectivity index (χ0n) is 16.7. The van der Waals surface area contributed by atoms with Crippen LogP contribution < -0.4 is 16.0 Å². The molecule has 0 aliphatic carbocycles. The summed E-state index contributed by atoms with van der Waals surface area (Å²) in [6, 6.07) is 3.43. The second kappa shape index (κ2) is 9.40. The molecule has 26 heavy (non-hydrogen) atoms. The Morgan fingerprint density at radius 1 is 1.19 bits per heavy atom. The highest BCUT2D eigenvalue weighted by atomic mass is 16.6. The van der Waals surface area contributed by atoms with Crippen LogP contribution in [0.5, 0.6) is 0 Å². The lowest BCUT2D eigenvalue weighted by atomic mass is 9.90. The topological polar surface area (TPSA) is 92.4 Å². The predicted molar refractivity (Wildman–Crippen MR) is 102 cm³/mol. The molecule has 0 aliphatic heterocycles. The van der Waals surface area contributed by atoms with Crippen molar-refractivity contribution < 1.29 is 14.3 Å². The van der Waals surface area contributed by atoms with E-state index in [4.69, 9.17) is 4.74 Å². The van der Waals surface area contributed by atoms with Crippen molar-refractivity contribution in [3.8, 4) is 0 Å². The van der Waals surface area contributed by atoms with Crippen molar-refractivity contribution in [2.75, 3.05) is 6.54 Å². The second-order valence-electron chi connectivity index (χ2n) is 8.18. The number of hydrogen-bond donors (Lipinski definition) is 3. The molecule has 0 saturated heterocycles. The smallest absolute Gasteiger partial charge is 0.407 e. The number of ether oxygens (including phenoxy) is 1. The van der Waals surface area contributed by atoms with E-state index in [-0.39, 0.29) is 12.6 Å². The van der Waals surface area contributed by atoms with Crippen molar-refractivity contribution in [1.82, 2.24) is 20.9 Å². The van der Waals surface area contributed by atoms with Gasteiger partial charge in [0.05, 0.1) is 5.54 Å². The van der Waals surface area contributed by atoms with Gasteiger partial charge < -0.3 is 20.7 Å². The highest BCUT2D eigenvalue weighted by Crippen LogP contribution is 2.16. The summed E-state index contributed by atoms with van der Waals surface area (Å²) in [6.45, 7) is 12.1. The molecule has 0 spiro atoms. The van der Waals surface area contributed by atoms with Gasteiger partial charge in [-0.05, 0) is 51.7 Å². The van der Waals surface area contributed by atoms with E-state index in [2.05, 4.69) is 34.8 Å². The van der Waals surface area contributed by atoms with E-state index in [0.717, 1.165) is 5.56 Å². The van der Waals surface area contributed by atoms with Gasteiger partial charge in [-0.2, -0.15) is 0 Å². The molecule has 0 aliphatic rings. The minimum absolute atomic E-state index is 0.278. The van der Waals surface area contributed by atoms with Crippen LogP contribution in [0.3, 0.4) is 0 Å². The van der Waals surface area contributed by atoms with Gasteiger partial charge in [0.25, 0.3) is 0 Å². The normalized spacial score (nSPS) is 13.7. The molecule has 146 valence electrons. The number of aromatic nitrogens is 1. The third-order valence-corrected chi connectivity index (χ3v) is 3.47. The molecule has 1 atom stereocenters. The maximum atomic E-state index is 12.3. The number of carbonyl (C=O) groups excluding carboxylic acids is 2. The van der Waals surface area contributed by atoms with Crippen LogP contribution in [0.15, 0.2) is 24.5 Å². The minimum atomic E-state index is -0.593. The summed E-state index contributed by atoms with van der Waals surface area (Å²) >= 11 is 0. The van der Waals surface area contributed by atoms with Crippen molar-refractivity contribution in [2.24, 2.45) is 5.92 Å². The summed E-state index contributed by atoms with van der Waals surface area (Å²) in [7, 11) is 0. The fourth-order valence-corrected chi connectivity index (χ4v) is 2.65. The van der Waals surface area contributed by atoms with Crippen molar-refractivity contribution in [3.63, 3.8) is 0 Å². The Morgan fingerprint density at radius 3 is 2.42 bits per heavy atom. The van der Waals surface area contributed by atoms with E-state index >= 15 is 0 Å². The van der Waals surface area contributed by atoms with Gasteiger partial charge in [0.2, 0.25) is 0 Å². The highest BCUT2D eigenvalue weighted by molar-refractivity contribution is 5.75. The minimum Gasteiger partial charge on any atom is -0.444 e. The molecule has 7 nitrogen and oxygen atoms in total. The molecule has 1 aromatic heterocycles. The van der Waals surface area contributed by atoms with Crippen LogP contribution in [0, 0.1) is 5.92 Å². The third kappa shape index (κ3) is 9.25. The molecule has 0 radical (unpaired) electrons. The first-order chi connectivity index (χ1) is 12.0. The van der Waals surface area contributed by atoms with Crippen molar-refractivity contribution >= 4 is 12.1 Å². The molecule has 3 N–H and O–H groups in total. The maximum Gasteiger partial charge on any atom is 0.407 e. The first-order valence-electron chi connectivity index (χ1n) is 8.91. The molecule has 3 amide bonds. The molecule has 7 heteroatoms. The van der Waals surface area contributed by atoms with E-state index in [9.17, 15) is 9.59 Å². The van der Waals surface area contributed by atoms with Crippen LogP contribution in [0.2, 0.25) is 0 Å². The lowest BCUT2D eigenvalue weighted by Gasteiger charge is -2.33. The predicted octanol–water partition coefficient (Wildman–Crippen LogP) is 3.21. The van der Waals surface area contributed by atoms with E-state index in [0.29, 0.717) is 18.9 Å². The molecule has 1 heterocycles. The number of rotatable bonds is 7. The quantitative estimate of drug-likeness (QED) is 0.693. The van der Waals surface area contributed by atoms with Gasteiger partial charge >= 0.3 is 12.1 Å². The van der Waals surface area contributed by atoms with Gasteiger partial charge in [-0.25, -0.2) is 9.59 Å². The van der Waals surface area contributed by atoms with Gasteiger partial charge in [0.15, 0.2) is 0 Å². The number of carbonyl (C=O) groups is 2. The number of nitrogens with zero attached hydrogens (tertiary/aromatic N) is 1. The zero-order valence-corrected chi connectivity index (χ0v) is 16.7. The SMILES string of the molecule is CC(C)CC(C)(CNC(=O)OC(C)(C)C)NC(=O)NCc1cccnc1. The van der Waals surface area contributed by atoms with Gasteiger partial charge in [-0.15, -0.1) is 0 Å². The molecule has 1 aromatic rings. The van der Waals surface area contributed by atoms with Crippen LogP contribution in [0.4, 0.5) is 9.59 Å². The first-order valence-corrected chi connectivity index (χ1v) is 8.91. The van der Waals surface area contributed by atoms with Crippen LogP contribution in [-0.2, 0) is 11.3 Å². The zero-order chi connectivity index (χ0) is 19.8. The molecular weight excluding hydrogens is 332 g/mol. The van der Waals surface area contributed by atoms with E-state index in [1.54, 1.807) is 12.4 Å². The average Bonchev–Trinajstić information content (AvgIpc) is 2.50. The Morgan fingerprint density at radius 2 is 1.88 bits per heavy atom. The largest absolute Gasteiger partial charge is 0.444 e. The molecule has 1 rings (SSSR count). The van der Waals surface area contributed by atoms with Crippen LogP contribution in [0.25, 0.3) is 0 Å². The summed E-state index contributed by atoms with van der Waals surface area (Å²) in [5, 5.41) is 8.54. The number of nitrogens with one attached hydrogen (secondary N) is 3. The van der Waals surface area contributed by atoms with Gasteiger partial charge in [0, 0.05) is 25.5 Å². The Labute approximate surface area is 156 Å². The molecule has 0 bridgehead atoms. The molecule has 0 aromatic carbocycles. The lowest BCUT2D eigenvalue weighted by molar-refractivity contribution is 0.0509. The Hall–Kier alpha value is -2.31. The summed E-state index contributed by atoms with van der Waals surface area (Å²) in [4.78, 5) is 28.2. The van der Waals surface area contributed by atoms with Crippen molar-refractivity contribution in [3.05, 3.63) is 30.1 Å². The Bertz CT molecular complexity index is 584. The van der Waals surface area contributed by atoms with Crippen LogP contribution >= 0.6 is 0 Å². The Kier molecular flexibility index (Phi) is 7.86. The van der Waals surface area contributed by atoms with Gasteiger partial charge in [-0.1, -0.05) is 19.9 Å². The van der Waals surface area contributed by atoms with Crippen LogP contribution in [0.1, 0.15) is 53.5 Å². The summed E-state index contributed by atoms with van der Waals surface area (Å²) in [5.74, 6) is 0.346. The second-order valence-corrected chi connectivity index (χ2v) is 8.18. The summed E-state index contributed by atoms with van der Waals surface area (Å²) in [5.41, 5.74) is -0.239.